The van der Waals surface area contributed by atoms with Crippen LogP contribution in [0.5, 0.6) is 0 Å². The Labute approximate surface area is 111 Å². The lowest BCUT2D eigenvalue weighted by Crippen LogP contribution is -2.42. The zero-order valence-electron chi connectivity index (χ0n) is 11.0. The Balaban J connectivity index is 1.72. The van der Waals surface area contributed by atoms with Gasteiger partial charge in [0.25, 0.3) is 0 Å². The van der Waals surface area contributed by atoms with E-state index in [2.05, 4.69) is 25.3 Å². The molecule has 0 atom stereocenters. The molecule has 6 heteroatoms. The lowest BCUT2D eigenvalue weighted by Gasteiger charge is -2.25. The van der Waals surface area contributed by atoms with Crippen LogP contribution in [0, 0.1) is 6.92 Å². The van der Waals surface area contributed by atoms with Crippen LogP contribution in [0.4, 0.5) is 0 Å². The molecule has 2 aromatic heterocycles. The van der Waals surface area contributed by atoms with Gasteiger partial charge in [0.1, 0.15) is 5.69 Å². The molecule has 0 radical (unpaired) electrons. The number of rotatable bonds is 3. The van der Waals surface area contributed by atoms with Gasteiger partial charge in [0.2, 0.25) is 11.7 Å². The van der Waals surface area contributed by atoms with Gasteiger partial charge in [-0.15, -0.1) is 0 Å². The Hall–Kier alpha value is -1.79. The van der Waals surface area contributed by atoms with Gasteiger partial charge in [-0.3, -0.25) is 4.90 Å². The number of pyridine rings is 1. The van der Waals surface area contributed by atoms with Crippen molar-refractivity contribution in [3.05, 3.63) is 29.8 Å². The van der Waals surface area contributed by atoms with Crippen molar-refractivity contribution in [3.63, 3.8) is 0 Å². The number of aromatic nitrogens is 3. The molecule has 1 aliphatic heterocycles. The van der Waals surface area contributed by atoms with E-state index in [9.17, 15) is 0 Å². The largest absolute Gasteiger partial charge is 0.337 e. The first-order valence-electron chi connectivity index (χ1n) is 6.51. The molecule has 2 aromatic rings. The predicted octanol–water partition coefficient (Wildman–Crippen LogP) is 0.845. The van der Waals surface area contributed by atoms with Crippen LogP contribution < -0.4 is 5.32 Å². The van der Waals surface area contributed by atoms with Gasteiger partial charge in [0.05, 0.1) is 6.54 Å². The topological polar surface area (TPSA) is 67.1 Å². The lowest BCUT2D eigenvalue weighted by molar-refractivity contribution is 0.203. The summed E-state index contributed by atoms with van der Waals surface area (Å²) in [5, 5.41) is 7.32. The summed E-state index contributed by atoms with van der Waals surface area (Å²) < 4.78 is 5.30. The second-order valence-electron chi connectivity index (χ2n) is 4.70. The lowest BCUT2D eigenvalue weighted by atomic mass is 10.3. The van der Waals surface area contributed by atoms with Crippen molar-refractivity contribution in [2.75, 3.05) is 26.2 Å². The summed E-state index contributed by atoms with van der Waals surface area (Å²) in [5.74, 6) is 1.22. The minimum Gasteiger partial charge on any atom is -0.337 e. The van der Waals surface area contributed by atoms with Crippen molar-refractivity contribution >= 4 is 0 Å². The van der Waals surface area contributed by atoms with Gasteiger partial charge in [-0.05, 0) is 19.1 Å². The molecule has 1 saturated heterocycles. The third-order valence-corrected chi connectivity index (χ3v) is 3.15. The zero-order valence-corrected chi connectivity index (χ0v) is 11.0. The monoisotopic (exact) mass is 259 g/mol. The fraction of sp³-hybridized carbons (Fsp3) is 0.462. The molecule has 0 aromatic carbocycles. The summed E-state index contributed by atoms with van der Waals surface area (Å²) in [7, 11) is 0. The molecule has 0 bridgehead atoms. The third-order valence-electron chi connectivity index (χ3n) is 3.15. The van der Waals surface area contributed by atoms with Crippen LogP contribution in [0.1, 0.15) is 11.6 Å². The van der Waals surface area contributed by atoms with Crippen LogP contribution in [0.25, 0.3) is 11.5 Å². The van der Waals surface area contributed by atoms with E-state index in [1.807, 2.05) is 25.1 Å². The van der Waals surface area contributed by atoms with Gasteiger partial charge in [0.15, 0.2) is 0 Å². The molecule has 19 heavy (non-hydrogen) atoms. The van der Waals surface area contributed by atoms with E-state index in [0.29, 0.717) is 18.3 Å². The maximum absolute atomic E-state index is 5.30. The Morgan fingerprint density at radius 1 is 1.26 bits per heavy atom. The highest BCUT2D eigenvalue weighted by Gasteiger charge is 2.15. The van der Waals surface area contributed by atoms with E-state index >= 15 is 0 Å². The van der Waals surface area contributed by atoms with Crippen LogP contribution in [-0.4, -0.2) is 46.2 Å². The molecule has 0 unspecified atom stereocenters. The van der Waals surface area contributed by atoms with E-state index in [1.54, 1.807) is 0 Å². The zero-order chi connectivity index (χ0) is 13.1. The standard InChI is InChI=1S/C13H17N5O/c1-10-3-2-4-11(15-10)13-16-12(19-17-13)9-18-7-5-14-6-8-18/h2-4,14H,5-9H2,1H3. The SMILES string of the molecule is Cc1cccc(-c2noc(CN3CCNCC3)n2)n1. The normalized spacial score (nSPS) is 16.7. The Morgan fingerprint density at radius 2 is 2.11 bits per heavy atom. The van der Waals surface area contributed by atoms with Gasteiger partial charge < -0.3 is 9.84 Å². The highest BCUT2D eigenvalue weighted by atomic mass is 16.5. The maximum atomic E-state index is 5.30. The van der Waals surface area contributed by atoms with Gasteiger partial charge in [-0.1, -0.05) is 11.2 Å². The maximum Gasteiger partial charge on any atom is 0.241 e. The summed E-state index contributed by atoms with van der Waals surface area (Å²) in [4.78, 5) is 11.1. The van der Waals surface area contributed by atoms with E-state index in [0.717, 1.165) is 37.6 Å². The molecule has 1 N–H and O–H groups in total. The number of hydrogen-bond donors (Lipinski definition) is 1. The number of aryl methyl sites for hydroxylation is 1. The van der Waals surface area contributed by atoms with E-state index in [4.69, 9.17) is 4.52 Å². The fourth-order valence-electron chi connectivity index (χ4n) is 2.15. The molecule has 100 valence electrons. The third kappa shape index (κ3) is 2.97. The van der Waals surface area contributed by atoms with Crippen molar-refractivity contribution < 1.29 is 4.52 Å². The fourth-order valence-corrected chi connectivity index (χ4v) is 2.15. The Bertz CT molecular complexity index is 547. The van der Waals surface area contributed by atoms with Crippen molar-refractivity contribution in [1.29, 1.82) is 0 Å². The summed E-state index contributed by atoms with van der Waals surface area (Å²) in [6.45, 7) is 6.72. The van der Waals surface area contributed by atoms with E-state index < -0.39 is 0 Å². The Morgan fingerprint density at radius 3 is 2.89 bits per heavy atom. The first kappa shape index (κ1) is 12.3. The predicted molar refractivity (Wildman–Crippen MR) is 70.4 cm³/mol. The van der Waals surface area contributed by atoms with Crippen LogP contribution in [-0.2, 0) is 6.54 Å². The molecular weight excluding hydrogens is 242 g/mol. The molecular formula is C13H17N5O. The van der Waals surface area contributed by atoms with Crippen LogP contribution in [0.2, 0.25) is 0 Å². The van der Waals surface area contributed by atoms with Gasteiger partial charge in [0, 0.05) is 31.9 Å². The molecule has 3 rings (SSSR count). The smallest absolute Gasteiger partial charge is 0.241 e. The van der Waals surface area contributed by atoms with E-state index in [1.165, 1.54) is 0 Å². The summed E-state index contributed by atoms with van der Waals surface area (Å²) in [6.07, 6.45) is 0. The second kappa shape index (κ2) is 5.46. The number of hydrogen-bond acceptors (Lipinski definition) is 6. The average molecular weight is 259 g/mol. The number of nitrogens with zero attached hydrogens (tertiary/aromatic N) is 4. The quantitative estimate of drug-likeness (QED) is 0.881. The Kier molecular flexibility index (Phi) is 3.52. The minimum atomic E-state index is 0.564. The second-order valence-corrected chi connectivity index (χ2v) is 4.70. The molecule has 0 amide bonds. The molecule has 0 spiro atoms. The summed E-state index contributed by atoms with van der Waals surface area (Å²) in [6, 6.07) is 5.79. The first-order chi connectivity index (χ1) is 9.31. The van der Waals surface area contributed by atoms with Gasteiger partial charge >= 0.3 is 0 Å². The minimum absolute atomic E-state index is 0.564. The summed E-state index contributed by atoms with van der Waals surface area (Å²) >= 11 is 0. The van der Waals surface area contributed by atoms with Crippen molar-refractivity contribution in [3.8, 4) is 11.5 Å². The highest BCUT2D eigenvalue weighted by molar-refractivity contribution is 5.47. The van der Waals surface area contributed by atoms with Crippen molar-refractivity contribution in [2.24, 2.45) is 0 Å². The molecule has 0 aliphatic carbocycles. The van der Waals surface area contributed by atoms with Crippen molar-refractivity contribution in [1.82, 2.24) is 25.3 Å². The summed E-state index contributed by atoms with van der Waals surface area (Å²) in [5.41, 5.74) is 1.71. The average Bonchev–Trinajstić information content (AvgIpc) is 2.88. The first-order valence-corrected chi connectivity index (χ1v) is 6.51. The van der Waals surface area contributed by atoms with Crippen LogP contribution in [0.3, 0.4) is 0 Å². The molecule has 1 aliphatic rings. The molecule has 1 fully saturated rings. The highest BCUT2D eigenvalue weighted by Crippen LogP contribution is 2.14. The molecule has 6 nitrogen and oxygen atoms in total. The van der Waals surface area contributed by atoms with Crippen LogP contribution >= 0.6 is 0 Å². The molecule has 0 saturated carbocycles. The molecule has 3 heterocycles. The van der Waals surface area contributed by atoms with Crippen molar-refractivity contribution in [2.45, 2.75) is 13.5 Å². The van der Waals surface area contributed by atoms with Gasteiger partial charge in [-0.25, -0.2) is 4.98 Å². The van der Waals surface area contributed by atoms with E-state index in [-0.39, 0.29) is 0 Å². The number of nitrogens with one attached hydrogen (secondary N) is 1. The van der Waals surface area contributed by atoms with Crippen LogP contribution in [0.15, 0.2) is 22.7 Å². The number of piperazine rings is 1. The van der Waals surface area contributed by atoms with Gasteiger partial charge in [-0.2, -0.15) is 4.98 Å².